The zero-order valence-electron chi connectivity index (χ0n) is 48.8. The molecule has 1 aromatic heterocycles. The molecule has 2 aliphatic heterocycles. The first-order valence-electron chi connectivity index (χ1n) is 29.4. The van der Waals surface area contributed by atoms with Crippen LogP contribution in [-0.4, -0.2) is 6.71 Å². The summed E-state index contributed by atoms with van der Waals surface area (Å²) >= 11 is 1.97. The van der Waals surface area contributed by atoms with Gasteiger partial charge in [-0.1, -0.05) is 220 Å². The molecule has 402 valence electrons. The van der Waals surface area contributed by atoms with Crippen LogP contribution in [-0.2, 0) is 16.2 Å². The predicted octanol–water partition coefficient (Wildman–Crippen LogP) is 20.6. The number of para-hydroxylation sites is 2. The van der Waals surface area contributed by atoms with Gasteiger partial charge in [0.15, 0.2) is 0 Å². The van der Waals surface area contributed by atoms with E-state index in [9.17, 15) is 0 Å². The lowest BCUT2D eigenvalue weighted by Gasteiger charge is -2.44. The van der Waals surface area contributed by atoms with Gasteiger partial charge >= 0.3 is 0 Å². The Kier molecular flexibility index (Phi) is 11.6. The Morgan fingerprint density at radius 3 is 1.71 bits per heavy atom. The third kappa shape index (κ3) is 8.22. The molecule has 3 heterocycles. The Labute approximate surface area is 493 Å². The summed E-state index contributed by atoms with van der Waals surface area (Å²) in [6.45, 7) is 20.9. The summed E-state index contributed by atoms with van der Waals surface area (Å²) in [7, 11) is 0. The van der Waals surface area contributed by atoms with Crippen molar-refractivity contribution in [3.63, 3.8) is 0 Å². The van der Waals surface area contributed by atoms with E-state index in [4.69, 9.17) is 0 Å². The molecular weight excluding hydrogens is 1020 g/mol. The minimum Gasteiger partial charge on any atom is -0.311 e. The van der Waals surface area contributed by atoms with Gasteiger partial charge in [0, 0.05) is 60.1 Å². The molecule has 0 amide bonds. The summed E-state index contributed by atoms with van der Waals surface area (Å²) in [4.78, 5) is 7.74. The number of thiophene rings is 1. The van der Waals surface area contributed by atoms with E-state index in [-0.39, 0.29) is 23.0 Å². The van der Waals surface area contributed by atoms with Gasteiger partial charge in [-0.3, -0.25) is 0 Å². The van der Waals surface area contributed by atoms with Crippen LogP contribution in [0.25, 0.3) is 64.7 Å². The fourth-order valence-corrected chi connectivity index (χ4v) is 14.9. The van der Waals surface area contributed by atoms with Crippen molar-refractivity contribution >= 4 is 127 Å². The van der Waals surface area contributed by atoms with Crippen LogP contribution >= 0.6 is 11.3 Å². The van der Waals surface area contributed by atoms with E-state index in [1.165, 1.54) is 125 Å². The molecule has 83 heavy (non-hydrogen) atoms. The molecule has 0 saturated heterocycles. The van der Waals surface area contributed by atoms with Crippen LogP contribution < -0.4 is 30.4 Å². The molecule has 13 aromatic rings. The molecule has 5 heteroatoms. The third-order valence-electron chi connectivity index (χ3n) is 17.9. The lowest BCUT2D eigenvalue weighted by Crippen LogP contribution is -2.60. The molecule has 0 radical (unpaired) electrons. The number of hydrogen-bond donors (Lipinski definition) is 0. The van der Waals surface area contributed by atoms with Gasteiger partial charge in [-0.2, -0.15) is 0 Å². The van der Waals surface area contributed by atoms with Crippen LogP contribution in [0.15, 0.2) is 237 Å². The van der Waals surface area contributed by atoms with Gasteiger partial charge in [-0.05, 0) is 166 Å². The molecule has 0 unspecified atom stereocenters. The molecule has 3 nitrogen and oxygen atoms in total. The van der Waals surface area contributed by atoms with E-state index in [2.05, 4.69) is 314 Å². The minimum atomic E-state index is -0.114. The predicted molar refractivity (Wildman–Crippen MR) is 361 cm³/mol. The Balaban J connectivity index is 1.05. The van der Waals surface area contributed by atoms with Crippen molar-refractivity contribution in [1.29, 1.82) is 0 Å². The summed E-state index contributed by atoms with van der Waals surface area (Å²) in [6.07, 6.45) is 0. The topological polar surface area (TPSA) is 9.72 Å². The van der Waals surface area contributed by atoms with E-state index >= 15 is 0 Å². The van der Waals surface area contributed by atoms with Crippen molar-refractivity contribution in [3.8, 4) is 22.3 Å². The van der Waals surface area contributed by atoms with Gasteiger partial charge < -0.3 is 14.7 Å². The Morgan fingerprint density at radius 1 is 0.386 bits per heavy atom. The monoisotopic (exact) mass is 1090 g/mol. The van der Waals surface area contributed by atoms with Crippen molar-refractivity contribution in [2.45, 2.75) is 78.6 Å². The highest BCUT2D eigenvalue weighted by Crippen LogP contribution is 2.53. The van der Waals surface area contributed by atoms with Crippen molar-refractivity contribution in [2.75, 3.05) is 14.7 Å². The van der Waals surface area contributed by atoms with Crippen molar-refractivity contribution in [3.05, 3.63) is 253 Å². The molecule has 0 saturated carbocycles. The minimum absolute atomic E-state index is 0.0109. The van der Waals surface area contributed by atoms with Crippen LogP contribution in [0.3, 0.4) is 0 Å². The van der Waals surface area contributed by atoms with E-state index in [1.807, 2.05) is 11.3 Å². The van der Waals surface area contributed by atoms with Crippen LogP contribution in [0.4, 0.5) is 51.2 Å². The lowest BCUT2D eigenvalue weighted by atomic mass is 9.36. The number of nitrogens with zero attached hydrogens (tertiary/aromatic N) is 3. The normalized spacial score (nSPS) is 13.3. The van der Waals surface area contributed by atoms with Crippen molar-refractivity contribution in [2.24, 2.45) is 0 Å². The molecular formula is C78H66BN3S. The maximum atomic E-state index is 2.65. The molecule has 0 atom stereocenters. The Bertz CT molecular complexity index is 4670. The second-order valence-corrected chi connectivity index (χ2v) is 27.2. The molecule has 0 aliphatic carbocycles. The quantitative estimate of drug-likeness (QED) is 0.116. The highest BCUT2D eigenvalue weighted by molar-refractivity contribution is 7.33. The zero-order valence-corrected chi connectivity index (χ0v) is 49.7. The number of rotatable bonds is 7. The van der Waals surface area contributed by atoms with Gasteiger partial charge in [0.2, 0.25) is 0 Å². The highest BCUT2D eigenvalue weighted by Gasteiger charge is 2.46. The number of fused-ring (bicyclic) bond motifs is 6. The number of benzene rings is 12. The maximum Gasteiger partial charge on any atom is 0.264 e. The van der Waals surface area contributed by atoms with Gasteiger partial charge in [0.1, 0.15) is 0 Å². The summed E-state index contributed by atoms with van der Waals surface area (Å²) in [5.41, 5.74) is 21.6. The fourth-order valence-electron chi connectivity index (χ4n) is 13.6. The summed E-state index contributed by atoms with van der Waals surface area (Å²) in [5, 5.41) is 9.01. The third-order valence-corrected chi connectivity index (χ3v) is 19.1. The molecule has 0 N–H and O–H groups in total. The first-order valence-corrected chi connectivity index (χ1v) is 30.3. The van der Waals surface area contributed by atoms with Crippen LogP contribution in [0.1, 0.15) is 79.0 Å². The smallest absolute Gasteiger partial charge is 0.264 e. The van der Waals surface area contributed by atoms with Crippen molar-refractivity contribution in [1.82, 2.24) is 0 Å². The molecule has 12 aromatic carbocycles. The molecule has 0 fully saturated rings. The summed E-state index contributed by atoms with van der Waals surface area (Å²) < 4.78 is 2.67. The van der Waals surface area contributed by atoms with Crippen LogP contribution in [0, 0.1) is 0 Å². The largest absolute Gasteiger partial charge is 0.311 e. The first-order chi connectivity index (χ1) is 40.1. The van der Waals surface area contributed by atoms with Crippen LogP contribution in [0.2, 0.25) is 0 Å². The maximum absolute atomic E-state index is 2.65. The SMILES string of the molecule is CC(C)(C)c1ccc(N2c3cccc4c3B(c3ccc(N(c5ccccc5)c5ccccc5-c5ccccc5)cc3N4c3ccc(C(C)(C)C)cc3-c3ccc4ccc5cccc6ccc3c4c56)c3sc4ccc(C(C)(C)C)cc4c32)cc1. The average molecular weight is 1090 g/mol. The summed E-state index contributed by atoms with van der Waals surface area (Å²) in [5.74, 6) is 0. The highest BCUT2D eigenvalue weighted by atomic mass is 32.1. The van der Waals surface area contributed by atoms with E-state index in [0.717, 1.165) is 22.7 Å². The van der Waals surface area contributed by atoms with Gasteiger partial charge in [-0.25, -0.2) is 0 Å². The van der Waals surface area contributed by atoms with Gasteiger partial charge in [-0.15, -0.1) is 11.3 Å². The first kappa shape index (κ1) is 51.0. The molecule has 15 rings (SSSR count). The van der Waals surface area contributed by atoms with Crippen molar-refractivity contribution < 1.29 is 0 Å². The second-order valence-electron chi connectivity index (χ2n) is 26.1. The van der Waals surface area contributed by atoms with Gasteiger partial charge in [0.05, 0.1) is 17.1 Å². The second kappa shape index (κ2) is 18.8. The molecule has 0 spiro atoms. The Hall–Kier alpha value is -8.90. The van der Waals surface area contributed by atoms with E-state index < -0.39 is 0 Å². The summed E-state index contributed by atoms with van der Waals surface area (Å²) in [6, 6.07) is 90.0. The fraction of sp³-hybridized carbons (Fsp3) is 0.154. The molecule has 0 bridgehead atoms. The number of hydrogen-bond acceptors (Lipinski definition) is 4. The van der Waals surface area contributed by atoms with Gasteiger partial charge in [0.25, 0.3) is 6.71 Å². The average Bonchev–Trinajstić information content (AvgIpc) is 1.97. The van der Waals surface area contributed by atoms with Crippen LogP contribution in [0.5, 0.6) is 0 Å². The van der Waals surface area contributed by atoms with E-state index in [1.54, 1.807) is 0 Å². The molecule has 2 aliphatic rings. The zero-order chi connectivity index (χ0) is 56.7. The lowest BCUT2D eigenvalue weighted by molar-refractivity contribution is 0.590. The standard InChI is InChI=1S/C78H66BN3S/c1-76(2,3)53-34-38-57(39-35-53)81-67-28-19-29-68-73(67)79(75-74(81)63-47-55(78(7,8)9)37-45-70(63)83-75)64-43-40-58(80(56-24-14-11-15-25-56)65-27-17-16-26-59(65)49-20-12-10-13-21-49)48-69(64)82(68)66-44-36-54(77(4,5)6)46-62(66)60-41-32-52-31-30-50-22-18-23-51-33-42-61(60)72(52)71(50)51/h10-48H,1-9H3. The Morgan fingerprint density at radius 2 is 0.988 bits per heavy atom. The number of anilines is 9. The van der Waals surface area contributed by atoms with E-state index in [0.29, 0.717) is 0 Å².